The van der Waals surface area contributed by atoms with Crippen molar-refractivity contribution in [3.8, 4) is 5.75 Å². The molecule has 2 heterocycles. The molecule has 1 aliphatic heterocycles. The van der Waals surface area contributed by atoms with Crippen LogP contribution in [0.1, 0.15) is 173 Å². The Morgan fingerprint density at radius 2 is 1.13 bits per heavy atom. The molecule has 26 nitrogen and oxygen atoms in total. The van der Waals surface area contributed by atoms with Crippen LogP contribution < -0.4 is 48.7 Å². The van der Waals surface area contributed by atoms with Crippen LogP contribution in [0.4, 0.5) is 0 Å². The number of nitrogens with two attached hydrogens (primary N) is 2. The van der Waals surface area contributed by atoms with Crippen LogP contribution >= 0.6 is 0 Å². The zero-order valence-corrected chi connectivity index (χ0v) is 53.5. The van der Waals surface area contributed by atoms with Crippen LogP contribution in [0.15, 0.2) is 72.1 Å². The van der Waals surface area contributed by atoms with E-state index in [1.54, 1.807) is 58.0 Å². The summed E-state index contributed by atoms with van der Waals surface area (Å²) in [6, 6.07) is 3.66. The van der Waals surface area contributed by atoms with Gasteiger partial charge in [0.2, 0.25) is 47.3 Å². The molecular weight excluding hydrogens is 1170 g/mol. The Bertz CT molecular complexity index is 2810. The number of carboxylic acid groups (broad SMARTS) is 2. The van der Waals surface area contributed by atoms with Crippen molar-refractivity contribution >= 4 is 65.2 Å². The molecular formula is C65H99N13O13. The monoisotopic (exact) mass is 1270 g/mol. The third kappa shape index (κ3) is 27.6. The van der Waals surface area contributed by atoms with Crippen LogP contribution in [0.2, 0.25) is 0 Å². The van der Waals surface area contributed by atoms with Crippen molar-refractivity contribution in [1.82, 2.24) is 52.1 Å². The maximum Gasteiger partial charge on any atom is 0.326 e. The van der Waals surface area contributed by atoms with E-state index in [2.05, 4.69) is 59.1 Å². The summed E-state index contributed by atoms with van der Waals surface area (Å²) in [6.07, 6.45) is 16.7. The van der Waals surface area contributed by atoms with E-state index in [0.29, 0.717) is 29.7 Å². The number of aliphatic imine (C=N–C) groups is 1. The molecule has 0 radical (unpaired) electrons. The summed E-state index contributed by atoms with van der Waals surface area (Å²) in [5.74, 6) is -10.5. The van der Waals surface area contributed by atoms with Gasteiger partial charge < -0.3 is 73.9 Å². The number of amides is 8. The Balaban J connectivity index is 1.50. The van der Waals surface area contributed by atoms with Crippen LogP contribution in [-0.4, -0.2) is 157 Å². The topological polar surface area (TPSA) is 412 Å². The Morgan fingerprint density at radius 1 is 0.604 bits per heavy atom. The molecule has 8 amide bonds. The lowest BCUT2D eigenvalue weighted by Gasteiger charge is -2.31. The van der Waals surface area contributed by atoms with E-state index >= 15 is 0 Å². The lowest BCUT2D eigenvalue weighted by Crippen LogP contribution is -2.62. The van der Waals surface area contributed by atoms with Gasteiger partial charge in [0.1, 0.15) is 54.1 Å². The third-order valence-corrected chi connectivity index (χ3v) is 15.9. The van der Waals surface area contributed by atoms with Crippen LogP contribution in [0.3, 0.4) is 0 Å². The van der Waals surface area contributed by atoms with E-state index in [1.807, 2.05) is 0 Å². The standard InChI is InChI=1S/C65H99N13O13/c1-6-7-8-9-10-11-12-13-14-15-16-17-21-28-53(80)71-49(38-54(81)82)58(84)72-47(26-22-33-69-65(66)67)57(83)76-55(41(2)3)61(87)73-48(35-44-29-31-46(79)32-30-44)59(85)77-56(42(4)5)62(88)74-50(37-45-39-68-40-70-45)63(89)78-34-23-27-52(78)60(86)75-51(64(90)91)36-43-24-19-18-20-25-43/h18-20,24-25,29-32,39-42,47-52,55-56,79H,6-17,21-23,26-28,33-38H2,1-5H3,(H,68,70)(H,71,80)(H,72,84)(H,73,87)(H,74,88)(H,75,86)(H,76,83)(H,77,85)(H,81,82)(H,90,91)(H4,66,67,69)/t47-,48-,49-,50-,51-,52-,55-,56-/m0/s1. The number of carbonyl (C=O) groups excluding carboxylic acids is 8. The highest BCUT2D eigenvalue weighted by Crippen LogP contribution is 2.22. The lowest BCUT2D eigenvalue weighted by molar-refractivity contribution is -0.145. The van der Waals surface area contributed by atoms with E-state index in [-0.39, 0.29) is 69.7 Å². The fourth-order valence-corrected chi connectivity index (χ4v) is 10.8. The highest BCUT2D eigenvalue weighted by Gasteiger charge is 2.41. The number of aromatic nitrogens is 2. The first-order valence-electron chi connectivity index (χ1n) is 32.2. The number of hydrogen-bond donors (Lipinski definition) is 13. The van der Waals surface area contributed by atoms with Crippen molar-refractivity contribution in [3.05, 3.63) is 83.9 Å². The van der Waals surface area contributed by atoms with E-state index < -0.39 is 126 Å². The summed E-state index contributed by atoms with van der Waals surface area (Å²) in [5.41, 5.74) is 12.7. The smallest absolute Gasteiger partial charge is 0.326 e. The number of aromatic amines is 1. The van der Waals surface area contributed by atoms with Gasteiger partial charge in [-0.3, -0.25) is 48.1 Å². The number of unbranched alkanes of at least 4 members (excludes halogenated alkanes) is 12. The highest BCUT2D eigenvalue weighted by atomic mass is 16.4. The summed E-state index contributed by atoms with van der Waals surface area (Å²) in [4.78, 5) is 150. The molecule has 1 aromatic heterocycles. The maximum atomic E-state index is 14.7. The molecule has 1 aliphatic rings. The van der Waals surface area contributed by atoms with Gasteiger partial charge in [0, 0.05) is 50.7 Å². The second kappa shape index (κ2) is 40.2. The lowest BCUT2D eigenvalue weighted by atomic mass is 9.98. The van der Waals surface area contributed by atoms with Gasteiger partial charge >= 0.3 is 11.9 Å². The van der Waals surface area contributed by atoms with Crippen LogP contribution in [0.5, 0.6) is 5.75 Å². The van der Waals surface area contributed by atoms with E-state index in [1.165, 1.54) is 86.6 Å². The number of guanidine groups is 1. The largest absolute Gasteiger partial charge is 0.508 e. The summed E-state index contributed by atoms with van der Waals surface area (Å²) in [6.45, 7) is 8.89. The molecule has 4 rings (SSSR count). The molecule has 0 unspecified atom stereocenters. The van der Waals surface area contributed by atoms with E-state index in [9.17, 15) is 63.3 Å². The summed E-state index contributed by atoms with van der Waals surface area (Å²) in [7, 11) is 0. The molecule has 8 atom stereocenters. The van der Waals surface area contributed by atoms with Gasteiger partial charge in [-0.1, -0.05) is 154 Å². The molecule has 15 N–H and O–H groups in total. The molecule has 26 heteroatoms. The van der Waals surface area contributed by atoms with Gasteiger partial charge in [-0.25, -0.2) is 9.78 Å². The molecule has 0 bridgehead atoms. The van der Waals surface area contributed by atoms with Crippen LogP contribution in [0, 0.1) is 11.8 Å². The number of nitrogens with zero attached hydrogens (tertiary/aromatic N) is 3. The van der Waals surface area contributed by atoms with E-state index in [4.69, 9.17) is 11.5 Å². The minimum absolute atomic E-state index is 0.00863. The third-order valence-electron chi connectivity index (χ3n) is 15.9. The first-order valence-corrected chi connectivity index (χ1v) is 32.2. The van der Waals surface area contributed by atoms with Gasteiger partial charge in [0.25, 0.3) is 0 Å². The Hall–Kier alpha value is -8.58. The number of imidazole rings is 1. The number of H-pyrrole nitrogens is 1. The summed E-state index contributed by atoms with van der Waals surface area (Å²) >= 11 is 0. The van der Waals surface area contributed by atoms with Crippen LogP contribution in [-0.2, 0) is 67.2 Å². The number of nitrogens with one attached hydrogen (secondary N) is 8. The van der Waals surface area contributed by atoms with Crippen molar-refractivity contribution in [1.29, 1.82) is 0 Å². The number of benzene rings is 2. The number of phenols is 1. The Morgan fingerprint density at radius 3 is 1.67 bits per heavy atom. The predicted molar refractivity (Wildman–Crippen MR) is 342 cm³/mol. The maximum absolute atomic E-state index is 14.7. The molecule has 0 saturated carbocycles. The van der Waals surface area contributed by atoms with Crippen molar-refractivity contribution in [3.63, 3.8) is 0 Å². The van der Waals surface area contributed by atoms with Crippen molar-refractivity contribution < 1.29 is 63.3 Å². The molecule has 0 aliphatic carbocycles. The molecule has 0 spiro atoms. The average Bonchev–Trinajstić information content (AvgIpc) is 1.99. The van der Waals surface area contributed by atoms with Crippen molar-refractivity contribution in [2.24, 2.45) is 28.3 Å². The summed E-state index contributed by atoms with van der Waals surface area (Å²) < 4.78 is 0. The Labute approximate surface area is 533 Å². The molecule has 1 fully saturated rings. The number of rotatable bonds is 43. The van der Waals surface area contributed by atoms with Crippen molar-refractivity contribution in [2.75, 3.05) is 13.1 Å². The van der Waals surface area contributed by atoms with E-state index in [0.717, 1.165) is 32.1 Å². The number of phenolic OH excluding ortho intramolecular Hbond substituents is 1. The second-order valence-electron chi connectivity index (χ2n) is 24.2. The fourth-order valence-electron chi connectivity index (χ4n) is 10.8. The average molecular weight is 1270 g/mol. The number of aliphatic carboxylic acids is 2. The molecule has 2 aromatic carbocycles. The minimum atomic E-state index is -1.57. The number of likely N-dealkylation sites (tertiary alicyclic amines) is 1. The predicted octanol–water partition coefficient (Wildman–Crippen LogP) is 3.93. The first-order chi connectivity index (χ1) is 43.5. The summed E-state index contributed by atoms with van der Waals surface area (Å²) in [5, 5.41) is 48.6. The zero-order chi connectivity index (χ0) is 66.8. The highest BCUT2D eigenvalue weighted by molar-refractivity contribution is 5.99. The first kappa shape index (κ1) is 74.9. The quantitative estimate of drug-likeness (QED) is 0.0217. The van der Waals surface area contributed by atoms with Gasteiger partial charge in [0.15, 0.2) is 5.96 Å². The minimum Gasteiger partial charge on any atom is -0.508 e. The molecule has 91 heavy (non-hydrogen) atoms. The Kier molecular flexibility index (Phi) is 33.1. The number of carbonyl (C=O) groups is 10. The van der Waals surface area contributed by atoms with Gasteiger partial charge in [-0.15, -0.1) is 0 Å². The van der Waals surface area contributed by atoms with Crippen LogP contribution in [0.25, 0.3) is 0 Å². The molecule has 1 saturated heterocycles. The van der Waals surface area contributed by atoms with Gasteiger partial charge in [-0.05, 0) is 67.2 Å². The SMILES string of the molecule is CCCCCCCCCCCCCCCC(=O)N[C@@H](CC(=O)O)C(=O)N[C@@H](CCCN=C(N)N)C(=O)N[C@H](C(=O)N[C@@H](Cc1ccc(O)cc1)C(=O)N[C@H](C(=O)N[C@@H](Cc1cnc[nH]1)C(=O)N1CCC[C@H]1C(=O)N[C@@H](Cc1ccccc1)C(=O)O)C(C)C)C(C)C. The molecule has 502 valence electrons. The van der Waals surface area contributed by atoms with Crippen molar-refractivity contribution in [2.45, 2.75) is 224 Å². The van der Waals surface area contributed by atoms with Gasteiger partial charge in [0.05, 0.1) is 12.7 Å². The second-order valence-corrected chi connectivity index (χ2v) is 24.2. The fraction of sp³-hybridized carbons (Fsp3) is 0.600. The number of aromatic hydroxyl groups is 1. The number of carboxylic acids is 2. The normalized spacial score (nSPS) is 15.2. The van der Waals surface area contributed by atoms with Gasteiger partial charge in [-0.2, -0.15) is 0 Å². The molecule has 3 aromatic rings. The number of hydrogen-bond acceptors (Lipinski definition) is 13. The zero-order valence-electron chi connectivity index (χ0n) is 53.5.